The van der Waals surface area contributed by atoms with Crippen molar-refractivity contribution < 1.29 is 27.8 Å². The minimum atomic E-state index is -3.08. The average Bonchev–Trinajstić information content (AvgIpc) is 3.50. The van der Waals surface area contributed by atoms with Crippen LogP contribution in [-0.4, -0.2) is 48.8 Å². The molecule has 1 aliphatic carbocycles. The second-order valence-electron chi connectivity index (χ2n) is 10.6. The first-order chi connectivity index (χ1) is 19.4. The van der Waals surface area contributed by atoms with Gasteiger partial charge in [-0.25, -0.2) is 13.4 Å². The minimum absolute atomic E-state index is 0.0294. The van der Waals surface area contributed by atoms with Crippen molar-refractivity contribution in [3.63, 3.8) is 0 Å². The van der Waals surface area contributed by atoms with Gasteiger partial charge in [0.1, 0.15) is 15.9 Å². The fraction of sp³-hybridized carbons (Fsp3) is 0.400. The van der Waals surface area contributed by atoms with Gasteiger partial charge in [-0.3, -0.25) is 4.79 Å². The maximum absolute atomic E-state index is 11.5. The van der Waals surface area contributed by atoms with Crippen molar-refractivity contribution in [1.82, 2.24) is 4.98 Å². The fourth-order valence-corrected chi connectivity index (χ4v) is 8.09. The maximum Gasteiger partial charge on any atom is 0.303 e. The van der Waals surface area contributed by atoms with Crippen molar-refractivity contribution in [1.29, 1.82) is 0 Å². The summed E-state index contributed by atoms with van der Waals surface area (Å²) in [7, 11) is -3.08. The van der Waals surface area contributed by atoms with Crippen molar-refractivity contribution >= 4 is 50.8 Å². The third-order valence-corrected chi connectivity index (χ3v) is 10.8. The Hall–Kier alpha value is -2.46. The summed E-state index contributed by atoms with van der Waals surface area (Å²) < 4.78 is 35.2. The standard InChI is InChI=1S/C30H31Cl2NO6S2/c1-16-27(17(2)29(32)30(28(16)31)38-10-5-11-41(3,36)37)21-7-4-6-20-19(21)8-9-23(20)39-25-13-24-22(14-33-25)18(15-40-24)12-26(34)35/h4,6-7,13-14,18,23H,5,8-12,15H2,1-3H3,(H,34,35)/t18-,23?/m1/s1. The molecule has 1 aromatic heterocycles. The highest BCUT2D eigenvalue weighted by atomic mass is 35.5. The number of fused-ring (bicyclic) bond motifs is 2. The number of rotatable bonds is 10. The molecule has 7 nitrogen and oxygen atoms in total. The number of ether oxygens (including phenoxy) is 2. The summed E-state index contributed by atoms with van der Waals surface area (Å²) in [6.07, 6.45) is 4.84. The fourth-order valence-electron chi connectivity index (χ4n) is 5.67. The number of aromatic nitrogens is 1. The maximum atomic E-state index is 11.5. The molecule has 3 aromatic rings. The van der Waals surface area contributed by atoms with Gasteiger partial charge in [-0.15, -0.1) is 11.8 Å². The first kappa shape index (κ1) is 30.0. The summed E-state index contributed by atoms with van der Waals surface area (Å²) in [5.41, 5.74) is 6.93. The second kappa shape index (κ2) is 12.0. The molecule has 41 heavy (non-hydrogen) atoms. The smallest absolute Gasteiger partial charge is 0.303 e. The van der Waals surface area contributed by atoms with Crippen LogP contribution < -0.4 is 9.47 Å². The number of thioether (sulfide) groups is 1. The Morgan fingerprint density at radius 2 is 1.90 bits per heavy atom. The van der Waals surface area contributed by atoms with Gasteiger partial charge in [-0.2, -0.15) is 0 Å². The summed E-state index contributed by atoms with van der Waals surface area (Å²) in [5.74, 6) is 0.839. The van der Waals surface area contributed by atoms with E-state index in [1.165, 1.54) is 11.8 Å². The van der Waals surface area contributed by atoms with Crippen LogP contribution in [0.4, 0.5) is 0 Å². The van der Waals surface area contributed by atoms with Gasteiger partial charge >= 0.3 is 5.97 Å². The van der Waals surface area contributed by atoms with E-state index in [9.17, 15) is 18.3 Å². The highest BCUT2D eigenvalue weighted by Gasteiger charge is 2.31. The molecule has 0 bridgehead atoms. The topological polar surface area (TPSA) is 103 Å². The summed E-state index contributed by atoms with van der Waals surface area (Å²) in [5, 5.41) is 10.0. The van der Waals surface area contributed by atoms with E-state index in [-0.39, 0.29) is 30.8 Å². The molecule has 0 saturated carbocycles. The molecule has 0 saturated heterocycles. The van der Waals surface area contributed by atoms with Crippen molar-refractivity contribution in [2.24, 2.45) is 0 Å². The van der Waals surface area contributed by atoms with Gasteiger partial charge < -0.3 is 14.6 Å². The van der Waals surface area contributed by atoms with Crippen LogP contribution in [0.5, 0.6) is 11.6 Å². The highest BCUT2D eigenvalue weighted by Crippen LogP contribution is 2.48. The van der Waals surface area contributed by atoms with E-state index >= 15 is 0 Å². The van der Waals surface area contributed by atoms with Crippen LogP contribution in [0.3, 0.4) is 0 Å². The van der Waals surface area contributed by atoms with Crippen LogP contribution in [-0.2, 0) is 21.1 Å². The van der Waals surface area contributed by atoms with Crippen LogP contribution in [0, 0.1) is 13.8 Å². The number of sulfone groups is 1. The van der Waals surface area contributed by atoms with E-state index in [2.05, 4.69) is 17.1 Å². The van der Waals surface area contributed by atoms with Gasteiger partial charge in [0, 0.05) is 35.1 Å². The van der Waals surface area contributed by atoms with Crippen LogP contribution in [0.25, 0.3) is 11.1 Å². The molecule has 1 N–H and O–H groups in total. The van der Waals surface area contributed by atoms with E-state index < -0.39 is 15.8 Å². The number of hydrogen-bond donors (Lipinski definition) is 1. The lowest BCUT2D eigenvalue weighted by Crippen LogP contribution is -2.09. The minimum Gasteiger partial charge on any atom is -0.490 e. The lowest BCUT2D eigenvalue weighted by Gasteiger charge is -2.21. The van der Waals surface area contributed by atoms with Crippen LogP contribution in [0.1, 0.15) is 59.1 Å². The third kappa shape index (κ3) is 6.33. The average molecular weight is 637 g/mol. The Labute approximate surface area is 254 Å². The Morgan fingerprint density at radius 3 is 2.59 bits per heavy atom. The normalized spacial score (nSPS) is 17.8. The molecule has 0 spiro atoms. The molecule has 0 radical (unpaired) electrons. The predicted molar refractivity (Wildman–Crippen MR) is 163 cm³/mol. The van der Waals surface area contributed by atoms with Gasteiger partial charge in [0.25, 0.3) is 0 Å². The number of carboxylic acids is 1. The first-order valence-corrected chi connectivity index (χ1v) is 17.2. The lowest BCUT2D eigenvalue weighted by molar-refractivity contribution is -0.137. The molecule has 11 heteroatoms. The molecule has 1 unspecified atom stereocenters. The number of carbonyl (C=O) groups is 1. The molecule has 2 aromatic carbocycles. The molecule has 2 heterocycles. The molecule has 0 fully saturated rings. The summed E-state index contributed by atoms with van der Waals surface area (Å²) in [6.45, 7) is 4.08. The zero-order valence-corrected chi connectivity index (χ0v) is 26.1. The Morgan fingerprint density at radius 1 is 1.17 bits per heavy atom. The molecule has 218 valence electrons. The van der Waals surface area contributed by atoms with E-state index in [1.54, 1.807) is 18.0 Å². The number of hydrogen-bond acceptors (Lipinski definition) is 7. The molecule has 5 rings (SSSR count). The lowest BCUT2D eigenvalue weighted by atomic mass is 9.90. The van der Waals surface area contributed by atoms with Crippen molar-refractivity contribution in [3.05, 3.63) is 68.3 Å². The molecule has 1 aliphatic heterocycles. The molecule has 0 amide bonds. The predicted octanol–water partition coefficient (Wildman–Crippen LogP) is 7.22. The quantitative estimate of drug-likeness (QED) is 0.233. The second-order valence-corrected chi connectivity index (χ2v) is 14.7. The number of halogens is 2. The zero-order valence-electron chi connectivity index (χ0n) is 23.0. The highest BCUT2D eigenvalue weighted by molar-refractivity contribution is 7.99. The first-order valence-electron chi connectivity index (χ1n) is 13.4. The van der Waals surface area contributed by atoms with Crippen LogP contribution >= 0.6 is 35.0 Å². The molecule has 2 atom stereocenters. The van der Waals surface area contributed by atoms with Gasteiger partial charge in [0.05, 0.1) is 28.8 Å². The summed E-state index contributed by atoms with van der Waals surface area (Å²) in [6, 6.07) is 8.08. The van der Waals surface area contributed by atoms with Gasteiger partial charge in [-0.05, 0) is 72.1 Å². The number of nitrogens with zero attached hydrogens (tertiary/aromatic N) is 1. The van der Waals surface area contributed by atoms with Crippen LogP contribution in [0.2, 0.25) is 10.0 Å². The largest absolute Gasteiger partial charge is 0.490 e. The number of pyridine rings is 1. The number of carboxylic acid groups (broad SMARTS) is 1. The molecular formula is C30H31Cl2NO6S2. The SMILES string of the molecule is Cc1c(Cl)c(OCCCS(C)(=O)=O)c(Cl)c(C)c1-c1cccc2c1CCC2Oc1cc2c(cn1)[C@H](CC(=O)O)CS2. The monoisotopic (exact) mass is 635 g/mol. The van der Waals surface area contributed by atoms with Gasteiger partial charge in [0.2, 0.25) is 5.88 Å². The molecule has 2 aliphatic rings. The summed E-state index contributed by atoms with van der Waals surface area (Å²) in [4.78, 5) is 16.7. The Balaban J connectivity index is 1.39. The van der Waals surface area contributed by atoms with Crippen molar-refractivity contribution in [2.75, 3.05) is 24.4 Å². The van der Waals surface area contributed by atoms with E-state index in [0.29, 0.717) is 28.1 Å². The van der Waals surface area contributed by atoms with Crippen LogP contribution in [0.15, 0.2) is 35.4 Å². The van der Waals surface area contributed by atoms with E-state index in [4.69, 9.17) is 32.7 Å². The van der Waals surface area contributed by atoms with E-state index in [1.807, 2.05) is 26.0 Å². The third-order valence-electron chi connectivity index (χ3n) is 7.63. The van der Waals surface area contributed by atoms with Gasteiger partial charge in [0.15, 0.2) is 5.75 Å². The van der Waals surface area contributed by atoms with Gasteiger partial charge in [-0.1, -0.05) is 41.4 Å². The molecular weight excluding hydrogens is 605 g/mol. The summed E-state index contributed by atoms with van der Waals surface area (Å²) >= 11 is 15.2. The Kier molecular flexibility index (Phi) is 8.81. The van der Waals surface area contributed by atoms with Crippen molar-refractivity contribution in [2.45, 2.75) is 56.4 Å². The van der Waals surface area contributed by atoms with E-state index in [0.717, 1.165) is 56.9 Å². The number of aliphatic carboxylic acids is 1. The number of benzene rings is 2. The van der Waals surface area contributed by atoms with Crippen molar-refractivity contribution in [3.8, 4) is 22.8 Å². The Bertz CT molecular complexity index is 1600. The zero-order chi connectivity index (χ0) is 29.5.